The molecule has 0 spiro atoms. The monoisotopic (exact) mass is 370 g/mol. The molecule has 4 heterocycles. The lowest BCUT2D eigenvalue weighted by Crippen LogP contribution is -2.40. The van der Waals surface area contributed by atoms with Crippen LogP contribution in [-0.2, 0) is 24.3 Å². The molecule has 3 aromatic heterocycles. The maximum Gasteiger partial charge on any atom is 0.254 e. The number of carbonyl (C=O) groups is 1. The van der Waals surface area contributed by atoms with Gasteiger partial charge in [-0.25, -0.2) is 4.98 Å². The zero-order valence-electron chi connectivity index (χ0n) is 13.7. The Morgan fingerprint density at radius 2 is 2.12 bits per heavy atom. The summed E-state index contributed by atoms with van der Waals surface area (Å²) >= 11 is 5.83. The summed E-state index contributed by atoms with van der Waals surface area (Å²) in [6.07, 6.45) is 6.84. The number of nitrogens with zero attached hydrogens (tertiary/aromatic N) is 5. The SMILES string of the molecule is O=C(Cn1cc(Cl)cn1)N1CCc2c(nc(-c3ccncc3)[nH]c2=O)C1. The predicted molar refractivity (Wildman–Crippen MR) is 94.4 cm³/mol. The van der Waals surface area contributed by atoms with Gasteiger partial charge in [0.25, 0.3) is 5.56 Å². The highest BCUT2D eigenvalue weighted by molar-refractivity contribution is 6.30. The maximum atomic E-state index is 12.5. The van der Waals surface area contributed by atoms with Crippen molar-refractivity contribution in [3.63, 3.8) is 0 Å². The number of amides is 1. The van der Waals surface area contributed by atoms with E-state index >= 15 is 0 Å². The number of aromatic amines is 1. The van der Waals surface area contributed by atoms with Gasteiger partial charge in [-0.05, 0) is 18.6 Å². The molecule has 8 nitrogen and oxygen atoms in total. The van der Waals surface area contributed by atoms with E-state index in [1.165, 1.54) is 10.9 Å². The van der Waals surface area contributed by atoms with Gasteiger partial charge in [0.05, 0.1) is 23.5 Å². The van der Waals surface area contributed by atoms with Crippen LogP contribution in [-0.4, -0.2) is 42.1 Å². The van der Waals surface area contributed by atoms with Crippen LogP contribution in [0.25, 0.3) is 11.4 Å². The Kier molecular flexibility index (Phi) is 4.26. The number of fused-ring (bicyclic) bond motifs is 1. The Labute approximate surface area is 153 Å². The van der Waals surface area contributed by atoms with E-state index in [0.717, 1.165) is 5.56 Å². The van der Waals surface area contributed by atoms with Gasteiger partial charge in [-0.3, -0.25) is 19.3 Å². The minimum Gasteiger partial charge on any atom is -0.335 e. The quantitative estimate of drug-likeness (QED) is 0.748. The van der Waals surface area contributed by atoms with E-state index in [1.54, 1.807) is 35.6 Å². The fourth-order valence-electron chi connectivity index (χ4n) is 2.96. The molecule has 0 saturated carbocycles. The van der Waals surface area contributed by atoms with E-state index in [2.05, 4.69) is 20.1 Å². The molecule has 0 unspecified atom stereocenters. The van der Waals surface area contributed by atoms with Crippen LogP contribution >= 0.6 is 11.6 Å². The van der Waals surface area contributed by atoms with Crippen molar-refractivity contribution in [2.24, 2.45) is 0 Å². The van der Waals surface area contributed by atoms with E-state index in [0.29, 0.717) is 41.6 Å². The molecule has 1 amide bonds. The second-order valence-electron chi connectivity index (χ2n) is 6.00. The molecular formula is C17H15ClN6O2. The highest BCUT2D eigenvalue weighted by atomic mass is 35.5. The average molecular weight is 371 g/mol. The first-order valence-electron chi connectivity index (χ1n) is 8.08. The number of hydrogen-bond acceptors (Lipinski definition) is 5. The van der Waals surface area contributed by atoms with Crippen molar-refractivity contribution in [3.8, 4) is 11.4 Å². The third-order valence-electron chi connectivity index (χ3n) is 4.28. The molecule has 0 aliphatic carbocycles. The number of halogens is 1. The van der Waals surface area contributed by atoms with Gasteiger partial charge in [0.2, 0.25) is 5.91 Å². The molecule has 1 N–H and O–H groups in total. The molecular weight excluding hydrogens is 356 g/mol. The lowest BCUT2D eigenvalue weighted by atomic mass is 10.1. The van der Waals surface area contributed by atoms with E-state index in [-0.39, 0.29) is 18.0 Å². The molecule has 0 fully saturated rings. The maximum absolute atomic E-state index is 12.5. The summed E-state index contributed by atoms with van der Waals surface area (Å²) < 4.78 is 1.49. The Balaban J connectivity index is 1.58. The van der Waals surface area contributed by atoms with E-state index in [9.17, 15) is 9.59 Å². The number of hydrogen-bond donors (Lipinski definition) is 1. The van der Waals surface area contributed by atoms with Gasteiger partial charge in [0, 0.05) is 36.3 Å². The first-order chi connectivity index (χ1) is 12.6. The Morgan fingerprint density at radius 3 is 2.85 bits per heavy atom. The minimum atomic E-state index is -0.159. The minimum absolute atomic E-state index is 0.0945. The van der Waals surface area contributed by atoms with Crippen molar-refractivity contribution < 1.29 is 4.79 Å². The average Bonchev–Trinajstić information content (AvgIpc) is 3.06. The van der Waals surface area contributed by atoms with Crippen LogP contribution in [0.3, 0.4) is 0 Å². The summed E-state index contributed by atoms with van der Waals surface area (Å²) in [5.74, 6) is 0.382. The number of pyridine rings is 1. The molecule has 9 heteroatoms. The molecule has 1 aliphatic rings. The van der Waals surface area contributed by atoms with Crippen LogP contribution in [0, 0.1) is 0 Å². The summed E-state index contributed by atoms with van der Waals surface area (Å²) in [6, 6.07) is 3.55. The molecule has 0 atom stereocenters. The van der Waals surface area contributed by atoms with Crippen molar-refractivity contribution in [1.29, 1.82) is 0 Å². The smallest absolute Gasteiger partial charge is 0.254 e. The molecule has 0 bridgehead atoms. The number of nitrogens with one attached hydrogen (secondary N) is 1. The normalized spacial score (nSPS) is 13.5. The third-order valence-corrected chi connectivity index (χ3v) is 4.47. The molecule has 1 aliphatic heterocycles. The first-order valence-corrected chi connectivity index (χ1v) is 8.46. The first kappa shape index (κ1) is 16.5. The van der Waals surface area contributed by atoms with Crippen LogP contribution in [0.4, 0.5) is 0 Å². The molecule has 0 radical (unpaired) electrons. The molecule has 132 valence electrons. The number of carbonyl (C=O) groups excluding carboxylic acids is 1. The summed E-state index contributed by atoms with van der Waals surface area (Å²) in [6.45, 7) is 0.869. The highest BCUT2D eigenvalue weighted by Crippen LogP contribution is 2.18. The Bertz CT molecular complexity index is 1010. The van der Waals surface area contributed by atoms with Crippen molar-refractivity contribution in [2.45, 2.75) is 19.5 Å². The largest absolute Gasteiger partial charge is 0.335 e. The summed E-state index contributed by atoms with van der Waals surface area (Å²) in [5, 5.41) is 4.51. The molecule has 0 aromatic carbocycles. The summed E-state index contributed by atoms with van der Waals surface area (Å²) in [7, 11) is 0. The summed E-state index contributed by atoms with van der Waals surface area (Å²) in [4.78, 5) is 37.9. The Hall–Kier alpha value is -3.00. The Morgan fingerprint density at radius 1 is 1.31 bits per heavy atom. The molecule has 26 heavy (non-hydrogen) atoms. The van der Waals surface area contributed by atoms with Crippen LogP contribution < -0.4 is 5.56 Å². The number of aromatic nitrogens is 5. The summed E-state index contributed by atoms with van der Waals surface area (Å²) in [5.41, 5.74) is 1.87. The lowest BCUT2D eigenvalue weighted by Gasteiger charge is -2.27. The third kappa shape index (κ3) is 3.23. The molecule has 4 rings (SSSR count). The van der Waals surface area contributed by atoms with Gasteiger partial charge in [-0.1, -0.05) is 11.6 Å². The lowest BCUT2D eigenvalue weighted by molar-refractivity contribution is -0.133. The van der Waals surface area contributed by atoms with Gasteiger partial charge >= 0.3 is 0 Å². The second-order valence-corrected chi connectivity index (χ2v) is 6.43. The fourth-order valence-corrected chi connectivity index (χ4v) is 3.12. The van der Waals surface area contributed by atoms with Gasteiger partial charge in [-0.2, -0.15) is 5.10 Å². The van der Waals surface area contributed by atoms with Crippen LogP contribution in [0.1, 0.15) is 11.3 Å². The zero-order valence-corrected chi connectivity index (χ0v) is 14.5. The van der Waals surface area contributed by atoms with Crippen LogP contribution in [0.5, 0.6) is 0 Å². The van der Waals surface area contributed by atoms with Crippen LogP contribution in [0.2, 0.25) is 5.02 Å². The topological polar surface area (TPSA) is 96.8 Å². The zero-order chi connectivity index (χ0) is 18.1. The number of H-pyrrole nitrogens is 1. The van der Waals surface area contributed by atoms with Gasteiger partial charge < -0.3 is 9.88 Å². The van der Waals surface area contributed by atoms with Crippen molar-refractivity contribution in [3.05, 3.63) is 63.6 Å². The van der Waals surface area contributed by atoms with Crippen LogP contribution in [0.15, 0.2) is 41.7 Å². The van der Waals surface area contributed by atoms with E-state index < -0.39 is 0 Å². The highest BCUT2D eigenvalue weighted by Gasteiger charge is 2.24. The van der Waals surface area contributed by atoms with E-state index in [4.69, 9.17) is 11.6 Å². The van der Waals surface area contributed by atoms with Gasteiger partial charge in [0.15, 0.2) is 0 Å². The molecule has 0 saturated heterocycles. The molecule has 3 aromatic rings. The van der Waals surface area contributed by atoms with Gasteiger partial charge in [-0.15, -0.1) is 0 Å². The van der Waals surface area contributed by atoms with Gasteiger partial charge in [0.1, 0.15) is 12.4 Å². The van der Waals surface area contributed by atoms with Crippen molar-refractivity contribution in [2.75, 3.05) is 6.54 Å². The van der Waals surface area contributed by atoms with Crippen molar-refractivity contribution in [1.82, 2.24) is 29.6 Å². The standard InChI is InChI=1S/C17H15ClN6O2/c18-12-7-20-24(8-12)10-15(25)23-6-3-13-14(9-23)21-16(22-17(13)26)11-1-4-19-5-2-11/h1-2,4-5,7-8H,3,6,9-10H2,(H,21,22,26). The van der Waals surface area contributed by atoms with E-state index in [1.807, 2.05) is 0 Å². The van der Waals surface area contributed by atoms with Crippen molar-refractivity contribution >= 4 is 17.5 Å². The second kappa shape index (κ2) is 6.72. The number of rotatable bonds is 3. The fraction of sp³-hybridized carbons (Fsp3) is 0.235. The predicted octanol–water partition coefficient (Wildman–Crippen LogP) is 1.27.